The number of benzene rings is 1. The van der Waals surface area contributed by atoms with Crippen molar-refractivity contribution in [3.8, 4) is 11.5 Å². The molecule has 98 valence electrons. The van der Waals surface area contributed by atoms with Crippen molar-refractivity contribution in [3.05, 3.63) is 24.3 Å². The average Bonchev–Trinajstić information content (AvgIpc) is 2.31. The Bertz CT molecular complexity index is 389. The number of hydrogen-bond donors (Lipinski definition) is 0. The summed E-state index contributed by atoms with van der Waals surface area (Å²) in [7, 11) is 7.31. The van der Waals surface area contributed by atoms with Gasteiger partial charge in [0.05, 0.1) is 0 Å². The van der Waals surface area contributed by atoms with E-state index in [9.17, 15) is 0 Å². The molecule has 0 saturated heterocycles. The summed E-state index contributed by atoms with van der Waals surface area (Å²) >= 11 is 10.1. The first-order valence-corrected chi connectivity index (χ1v) is 6.10. The Balaban J connectivity index is 2.63. The first-order valence-electron chi connectivity index (χ1n) is 5.28. The molecule has 0 atom stereocenters. The van der Waals surface area contributed by atoms with Crippen LogP contribution in [0.1, 0.15) is 0 Å². The van der Waals surface area contributed by atoms with E-state index in [0.717, 1.165) is 0 Å². The third-order valence-corrected chi connectivity index (χ3v) is 2.86. The van der Waals surface area contributed by atoms with Gasteiger partial charge < -0.3 is 19.3 Å². The maximum absolute atomic E-state index is 5.44. The van der Waals surface area contributed by atoms with E-state index < -0.39 is 0 Å². The number of thiocarbonyl (C=S) groups is 2. The number of nitrogens with zero attached hydrogens (tertiary/aromatic N) is 2. The minimum absolute atomic E-state index is 0.410. The van der Waals surface area contributed by atoms with E-state index in [0.29, 0.717) is 21.8 Å². The summed E-state index contributed by atoms with van der Waals surface area (Å²) in [6.45, 7) is 0. The Morgan fingerprint density at radius 2 is 1.06 bits per heavy atom. The van der Waals surface area contributed by atoms with Gasteiger partial charge in [-0.2, -0.15) is 0 Å². The zero-order valence-electron chi connectivity index (χ0n) is 10.8. The fourth-order valence-corrected chi connectivity index (χ4v) is 1.15. The predicted octanol–water partition coefficient (Wildman–Crippen LogP) is 2.14. The standard InChI is InChI=1S/C12H16N2O2S2/c1-13(2)11(17)15-9-5-7-10(8-6-9)16-12(18)14(3)4/h5-8H,1-4H3. The van der Waals surface area contributed by atoms with Crippen LogP contribution in [0.4, 0.5) is 0 Å². The van der Waals surface area contributed by atoms with Gasteiger partial charge in [-0.15, -0.1) is 0 Å². The molecule has 0 fully saturated rings. The minimum Gasteiger partial charge on any atom is -0.432 e. The summed E-state index contributed by atoms with van der Waals surface area (Å²) in [5.74, 6) is 1.33. The lowest BCUT2D eigenvalue weighted by Gasteiger charge is -2.15. The molecular weight excluding hydrogens is 268 g/mol. The second-order valence-electron chi connectivity index (χ2n) is 4.00. The topological polar surface area (TPSA) is 24.9 Å². The van der Waals surface area contributed by atoms with E-state index in [1.54, 1.807) is 34.1 Å². The van der Waals surface area contributed by atoms with Crippen molar-refractivity contribution in [2.45, 2.75) is 0 Å². The molecule has 1 aromatic rings. The van der Waals surface area contributed by atoms with Crippen LogP contribution in [0.5, 0.6) is 11.5 Å². The molecule has 0 bridgehead atoms. The quantitative estimate of drug-likeness (QED) is 0.772. The highest BCUT2D eigenvalue weighted by Crippen LogP contribution is 2.18. The summed E-state index contributed by atoms with van der Waals surface area (Å²) in [4.78, 5) is 3.45. The zero-order chi connectivity index (χ0) is 13.7. The SMILES string of the molecule is CN(C)C(=S)Oc1ccc(OC(=S)N(C)C)cc1. The summed E-state index contributed by atoms with van der Waals surface area (Å²) in [5, 5.41) is 0.819. The van der Waals surface area contributed by atoms with Gasteiger partial charge >= 0.3 is 0 Å². The normalized spacial score (nSPS) is 9.56. The van der Waals surface area contributed by atoms with Gasteiger partial charge in [0.15, 0.2) is 0 Å². The van der Waals surface area contributed by atoms with Crippen LogP contribution in [-0.2, 0) is 0 Å². The maximum Gasteiger partial charge on any atom is 0.264 e. The molecule has 1 aromatic carbocycles. The fourth-order valence-electron chi connectivity index (χ4n) is 0.960. The van der Waals surface area contributed by atoms with Crippen molar-refractivity contribution in [2.24, 2.45) is 0 Å². The molecular formula is C12H16N2O2S2. The molecule has 0 amide bonds. The Morgan fingerprint density at radius 3 is 1.28 bits per heavy atom. The van der Waals surface area contributed by atoms with Gasteiger partial charge in [-0.1, -0.05) is 0 Å². The molecule has 18 heavy (non-hydrogen) atoms. The Labute approximate surface area is 118 Å². The Kier molecular flexibility index (Phi) is 5.30. The third-order valence-electron chi connectivity index (χ3n) is 1.96. The van der Waals surface area contributed by atoms with Crippen molar-refractivity contribution < 1.29 is 9.47 Å². The van der Waals surface area contributed by atoms with Crippen molar-refractivity contribution in [3.63, 3.8) is 0 Å². The highest BCUT2D eigenvalue weighted by Gasteiger charge is 2.05. The molecule has 0 aliphatic carbocycles. The molecule has 0 radical (unpaired) electrons. The minimum atomic E-state index is 0.410. The van der Waals surface area contributed by atoms with E-state index in [-0.39, 0.29) is 0 Å². The third kappa shape index (κ3) is 4.46. The highest BCUT2D eigenvalue weighted by molar-refractivity contribution is 7.80. The van der Waals surface area contributed by atoms with Crippen molar-refractivity contribution >= 4 is 34.8 Å². The van der Waals surface area contributed by atoms with Gasteiger partial charge in [-0.3, -0.25) is 0 Å². The van der Waals surface area contributed by atoms with Gasteiger partial charge in [0.25, 0.3) is 10.3 Å². The largest absolute Gasteiger partial charge is 0.432 e. The second-order valence-corrected chi connectivity index (χ2v) is 4.69. The van der Waals surface area contributed by atoms with E-state index in [2.05, 4.69) is 0 Å². The summed E-state index contributed by atoms with van der Waals surface area (Å²) < 4.78 is 10.9. The van der Waals surface area contributed by atoms with Crippen LogP contribution in [0.15, 0.2) is 24.3 Å². The molecule has 0 spiro atoms. The molecule has 0 aliphatic heterocycles. The molecule has 0 heterocycles. The van der Waals surface area contributed by atoms with Gasteiger partial charge in [-0.05, 0) is 48.7 Å². The monoisotopic (exact) mass is 284 g/mol. The van der Waals surface area contributed by atoms with Crippen molar-refractivity contribution in [1.82, 2.24) is 9.80 Å². The number of rotatable bonds is 2. The first kappa shape index (κ1) is 14.7. The lowest BCUT2D eigenvalue weighted by atomic mass is 10.3. The lowest BCUT2D eigenvalue weighted by molar-refractivity contribution is 0.441. The van der Waals surface area contributed by atoms with Gasteiger partial charge in [0, 0.05) is 28.2 Å². The first-order chi connectivity index (χ1) is 8.40. The van der Waals surface area contributed by atoms with Crippen molar-refractivity contribution in [1.29, 1.82) is 0 Å². The molecule has 1 rings (SSSR count). The number of hydrogen-bond acceptors (Lipinski definition) is 4. The number of ether oxygens (including phenoxy) is 2. The van der Waals surface area contributed by atoms with Crippen LogP contribution >= 0.6 is 24.4 Å². The van der Waals surface area contributed by atoms with E-state index in [4.69, 9.17) is 33.9 Å². The average molecular weight is 284 g/mol. The van der Waals surface area contributed by atoms with Crippen LogP contribution < -0.4 is 9.47 Å². The van der Waals surface area contributed by atoms with Gasteiger partial charge in [0.2, 0.25) is 0 Å². The highest BCUT2D eigenvalue weighted by atomic mass is 32.1. The molecule has 6 heteroatoms. The van der Waals surface area contributed by atoms with Crippen LogP contribution in [0.25, 0.3) is 0 Å². The fraction of sp³-hybridized carbons (Fsp3) is 0.333. The maximum atomic E-state index is 5.44. The molecule has 4 nitrogen and oxygen atoms in total. The molecule has 0 N–H and O–H groups in total. The van der Waals surface area contributed by atoms with E-state index >= 15 is 0 Å². The van der Waals surface area contributed by atoms with E-state index in [1.165, 1.54) is 0 Å². The van der Waals surface area contributed by atoms with Crippen LogP contribution in [0.2, 0.25) is 0 Å². The van der Waals surface area contributed by atoms with Crippen molar-refractivity contribution in [2.75, 3.05) is 28.2 Å². The molecule has 0 unspecified atom stereocenters. The van der Waals surface area contributed by atoms with Crippen LogP contribution in [0, 0.1) is 0 Å². The second kappa shape index (κ2) is 6.51. The molecule has 0 aliphatic rings. The lowest BCUT2D eigenvalue weighted by Crippen LogP contribution is -2.25. The molecule has 0 saturated carbocycles. The van der Waals surface area contributed by atoms with Gasteiger partial charge in [-0.25, -0.2) is 0 Å². The van der Waals surface area contributed by atoms with Gasteiger partial charge in [0.1, 0.15) is 11.5 Å². The van der Waals surface area contributed by atoms with E-state index in [1.807, 2.05) is 28.2 Å². The van der Waals surface area contributed by atoms with Crippen LogP contribution in [-0.4, -0.2) is 48.3 Å². The summed E-state index contributed by atoms with van der Waals surface area (Å²) in [5.41, 5.74) is 0. The summed E-state index contributed by atoms with van der Waals surface area (Å²) in [6.07, 6.45) is 0. The smallest absolute Gasteiger partial charge is 0.264 e. The summed E-state index contributed by atoms with van der Waals surface area (Å²) in [6, 6.07) is 7.12. The zero-order valence-corrected chi connectivity index (χ0v) is 12.5. The Hall–Kier alpha value is -1.40. The molecule has 0 aromatic heterocycles. The Morgan fingerprint density at radius 1 is 0.778 bits per heavy atom. The van der Waals surface area contributed by atoms with Crippen LogP contribution in [0.3, 0.4) is 0 Å². The predicted molar refractivity (Wildman–Crippen MR) is 80.3 cm³/mol.